The highest BCUT2D eigenvalue weighted by Gasteiger charge is 2.38. The molecular weight excluding hydrogens is 347 g/mol. The first kappa shape index (κ1) is 16.7. The van der Waals surface area contributed by atoms with E-state index < -0.39 is 14.4 Å². The van der Waals surface area contributed by atoms with Gasteiger partial charge < -0.3 is 3.88 Å². The number of benzene rings is 2. The van der Waals surface area contributed by atoms with Crippen molar-refractivity contribution in [1.82, 2.24) is 8.78 Å². The van der Waals surface area contributed by atoms with Crippen LogP contribution in [0.25, 0.3) is 11.1 Å². The monoisotopic (exact) mass is 362 g/mol. The smallest absolute Gasteiger partial charge is 0.370 e. The quantitative estimate of drug-likeness (QED) is 0.607. The molecule has 0 spiro atoms. The number of fused-ring (bicyclic) bond motifs is 2. The second-order valence-electron chi connectivity index (χ2n) is 6.76. The molecule has 2 aromatic carbocycles. The van der Waals surface area contributed by atoms with Crippen LogP contribution < -0.4 is 0 Å². The van der Waals surface area contributed by atoms with E-state index in [9.17, 15) is 19.2 Å². The first-order chi connectivity index (χ1) is 12.3. The Bertz CT molecular complexity index is 1030. The first-order valence-corrected chi connectivity index (χ1v) is 11.1. The van der Waals surface area contributed by atoms with Gasteiger partial charge in [0.2, 0.25) is 11.8 Å². The molecule has 0 unspecified atom stereocenters. The van der Waals surface area contributed by atoms with Gasteiger partial charge in [0.05, 0.1) is 22.3 Å². The van der Waals surface area contributed by atoms with Gasteiger partial charge in [0, 0.05) is 7.05 Å². The number of amides is 4. The highest BCUT2D eigenvalue weighted by atomic mass is 27.2. The van der Waals surface area contributed by atoms with E-state index in [2.05, 4.69) is 0 Å². The van der Waals surface area contributed by atoms with Crippen LogP contribution in [0.4, 0.5) is 0 Å². The lowest BCUT2D eigenvalue weighted by Gasteiger charge is -2.15. The Kier molecular flexibility index (Phi) is 3.62. The molecule has 7 heteroatoms. The zero-order chi connectivity index (χ0) is 18.7. The summed E-state index contributed by atoms with van der Waals surface area (Å²) in [7, 11) is 1.45. The summed E-state index contributed by atoms with van der Waals surface area (Å²) in [5.74, 6) is 2.74. The molecule has 0 bridgehead atoms. The van der Waals surface area contributed by atoms with Gasteiger partial charge in [0.25, 0.3) is 11.8 Å². The van der Waals surface area contributed by atoms with Gasteiger partial charge in [-0.1, -0.05) is 23.7 Å². The van der Waals surface area contributed by atoms with E-state index in [0.29, 0.717) is 22.3 Å². The van der Waals surface area contributed by atoms with Crippen LogP contribution in [0.1, 0.15) is 41.4 Å². The number of carbonyl (C=O) groups is 4. The minimum atomic E-state index is -1.60. The summed E-state index contributed by atoms with van der Waals surface area (Å²) < 4.78 is 1.38. The fourth-order valence-corrected chi connectivity index (χ4v) is 4.67. The van der Waals surface area contributed by atoms with E-state index in [-0.39, 0.29) is 23.6 Å². The third kappa shape index (κ3) is 2.18. The molecule has 0 aliphatic carbocycles. The van der Waals surface area contributed by atoms with Gasteiger partial charge >= 0.3 is 14.4 Å². The maximum absolute atomic E-state index is 12.6. The van der Waals surface area contributed by atoms with Gasteiger partial charge in [-0.25, -0.2) is 0 Å². The van der Waals surface area contributed by atoms with Crippen LogP contribution in [0.15, 0.2) is 36.4 Å². The fourth-order valence-electron chi connectivity index (χ4n) is 3.45. The van der Waals surface area contributed by atoms with Crippen molar-refractivity contribution < 1.29 is 19.2 Å². The van der Waals surface area contributed by atoms with Gasteiger partial charge in [0.1, 0.15) is 0 Å². The van der Waals surface area contributed by atoms with Crippen molar-refractivity contribution >= 4 is 38.0 Å². The molecule has 0 radical (unpaired) electrons. The molecule has 0 N–H and O–H groups in total. The third-order valence-electron chi connectivity index (χ3n) is 4.86. The van der Waals surface area contributed by atoms with E-state index in [0.717, 1.165) is 16.0 Å². The van der Waals surface area contributed by atoms with Crippen LogP contribution in [0, 0.1) is 0 Å². The largest absolute Gasteiger partial charge is 0.422 e. The minimum absolute atomic E-state index is 0.227. The normalized spacial score (nSPS) is 15.7. The van der Waals surface area contributed by atoms with Crippen LogP contribution in [-0.4, -0.2) is 53.8 Å². The van der Waals surface area contributed by atoms with Gasteiger partial charge in [-0.15, -0.1) is 0 Å². The molecule has 2 aromatic rings. The van der Waals surface area contributed by atoms with Crippen molar-refractivity contribution in [2.75, 3.05) is 7.05 Å². The van der Waals surface area contributed by atoms with Gasteiger partial charge in [-0.2, -0.15) is 0 Å². The summed E-state index contributed by atoms with van der Waals surface area (Å²) in [5.41, 5.74) is 3.01. The Morgan fingerprint density at radius 1 is 0.654 bits per heavy atom. The summed E-state index contributed by atoms with van der Waals surface area (Å²) in [6.45, 7) is 0. The molecule has 0 aromatic heterocycles. The lowest BCUT2D eigenvalue weighted by atomic mass is 9.97. The Balaban J connectivity index is 1.79. The molecule has 0 fully saturated rings. The van der Waals surface area contributed by atoms with Crippen LogP contribution in [-0.2, 0) is 0 Å². The van der Waals surface area contributed by atoms with E-state index in [1.54, 1.807) is 36.4 Å². The minimum Gasteiger partial charge on any atom is -0.370 e. The number of hydrogen-bond donors (Lipinski definition) is 0. The first-order valence-electron chi connectivity index (χ1n) is 8.30. The Morgan fingerprint density at radius 2 is 1.08 bits per heavy atom. The maximum atomic E-state index is 12.6. The summed E-state index contributed by atoms with van der Waals surface area (Å²) in [6, 6.07) is 10.2. The number of hydrogen-bond acceptors (Lipinski definition) is 4. The molecule has 0 atom stereocenters. The average Bonchev–Trinajstić information content (AvgIpc) is 3.00. The molecule has 128 valence electrons. The predicted molar refractivity (Wildman–Crippen MR) is 96.3 cm³/mol. The third-order valence-corrected chi connectivity index (χ3v) is 6.36. The van der Waals surface area contributed by atoms with Gasteiger partial charge in [0.15, 0.2) is 0 Å². The van der Waals surface area contributed by atoms with Gasteiger partial charge in [-0.05, 0) is 35.4 Å². The summed E-state index contributed by atoms with van der Waals surface area (Å²) in [5, 5.41) is 0. The van der Waals surface area contributed by atoms with E-state index in [4.69, 9.17) is 0 Å². The van der Waals surface area contributed by atoms with Crippen molar-refractivity contribution in [2.24, 2.45) is 0 Å². The van der Waals surface area contributed by atoms with Gasteiger partial charge in [-0.3, -0.25) is 24.1 Å². The molecule has 4 rings (SSSR count). The van der Waals surface area contributed by atoms with Crippen LogP contribution >= 0.6 is 0 Å². The molecule has 6 nitrogen and oxygen atoms in total. The average molecular weight is 362 g/mol. The number of nitrogens with zero attached hydrogens (tertiary/aromatic N) is 2. The van der Waals surface area contributed by atoms with E-state index >= 15 is 0 Å². The topological polar surface area (TPSA) is 74.8 Å². The summed E-state index contributed by atoms with van der Waals surface area (Å²) >= 11 is -1.60. The number of rotatable bonds is 2. The zero-order valence-corrected chi connectivity index (χ0v) is 15.7. The van der Waals surface area contributed by atoms with Crippen LogP contribution in [0.2, 0.25) is 11.6 Å². The van der Waals surface area contributed by atoms with E-state index in [1.807, 2.05) is 11.6 Å². The zero-order valence-electron chi connectivity index (χ0n) is 14.6. The number of imide groups is 2. The molecule has 26 heavy (non-hydrogen) atoms. The van der Waals surface area contributed by atoms with Crippen molar-refractivity contribution in [3.8, 4) is 11.1 Å². The van der Waals surface area contributed by atoms with Crippen LogP contribution in [0.3, 0.4) is 0 Å². The SMILES string of the molecule is CN1C(=O)c2ccc(-c3ccc4c(c3)C(=O)[N]([Al]([CH3])[CH3])C4=O)cc2C1=O. The number of carbonyl (C=O) groups excluding carboxylic acids is 4. The van der Waals surface area contributed by atoms with Crippen molar-refractivity contribution in [3.05, 3.63) is 58.7 Å². The van der Waals surface area contributed by atoms with Crippen molar-refractivity contribution in [1.29, 1.82) is 0 Å². The molecule has 4 amide bonds. The Labute approximate surface area is 154 Å². The second-order valence-corrected chi connectivity index (χ2v) is 9.47. The molecule has 2 heterocycles. The maximum Gasteiger partial charge on any atom is 0.422 e. The van der Waals surface area contributed by atoms with Crippen molar-refractivity contribution in [2.45, 2.75) is 11.6 Å². The van der Waals surface area contributed by atoms with E-state index in [1.165, 1.54) is 10.9 Å². The highest BCUT2D eigenvalue weighted by Crippen LogP contribution is 2.32. The van der Waals surface area contributed by atoms with Crippen molar-refractivity contribution in [3.63, 3.8) is 0 Å². The lowest BCUT2D eigenvalue weighted by molar-refractivity contribution is 0.0689. The molecule has 0 saturated heterocycles. The molecule has 0 saturated carbocycles. The standard InChI is InChI=1S/C17H10N2O4.2CH3.Al/c1-19-16(22)11-5-3-9(7-13(11)17(19)23)8-2-4-10-12(6-8)15(21)18-14(10)20;;;/h2-7H,1H3,(H,18,20,21);2*1H3;/q;;;+1/p-1. The Hall–Kier alpha value is -2.75. The molecular formula is C19H15AlN2O4. The second kappa shape index (κ2) is 5.63. The highest BCUT2D eigenvalue weighted by molar-refractivity contribution is 6.62. The summed E-state index contributed by atoms with van der Waals surface area (Å²) in [6.07, 6.45) is 0. The lowest BCUT2D eigenvalue weighted by Crippen LogP contribution is -2.39. The fraction of sp³-hybridized carbons (Fsp3) is 0.158. The Morgan fingerprint density at radius 3 is 1.62 bits per heavy atom. The molecule has 2 aliphatic rings. The summed E-state index contributed by atoms with van der Waals surface area (Å²) in [4.78, 5) is 50.3. The predicted octanol–water partition coefficient (Wildman–Crippen LogP) is 2.43. The molecule has 2 aliphatic heterocycles. The van der Waals surface area contributed by atoms with Crippen LogP contribution in [0.5, 0.6) is 0 Å².